The maximum Gasteiger partial charge on any atom is -0.0261 e. The Balaban J connectivity index is 1.94. The Morgan fingerprint density at radius 2 is 2.20 bits per heavy atom. The molecule has 0 radical (unpaired) electrons. The molecule has 0 aromatic heterocycles. The molecule has 0 spiro atoms. The van der Waals surface area contributed by atoms with Gasteiger partial charge in [-0.05, 0) is 55.3 Å². The van der Waals surface area contributed by atoms with E-state index in [2.05, 4.69) is 6.92 Å². The molecule has 3 aliphatic rings. The zero-order valence-corrected chi connectivity index (χ0v) is 6.77. The van der Waals surface area contributed by atoms with Crippen LogP contribution < -0.4 is 0 Å². The average molecular weight is 136 g/mol. The molecule has 0 amide bonds. The quantitative estimate of drug-likeness (QED) is 0.480. The summed E-state index contributed by atoms with van der Waals surface area (Å²) >= 11 is 0. The fourth-order valence-corrected chi connectivity index (χ4v) is 3.92. The van der Waals surface area contributed by atoms with E-state index < -0.39 is 0 Å². The molecule has 0 nitrogen and oxygen atoms in total. The van der Waals surface area contributed by atoms with Gasteiger partial charge in [-0.2, -0.15) is 0 Å². The van der Waals surface area contributed by atoms with Crippen molar-refractivity contribution in [3.8, 4) is 0 Å². The summed E-state index contributed by atoms with van der Waals surface area (Å²) in [6.45, 7) is 2.45. The maximum absolute atomic E-state index is 2.45. The third-order valence-corrected chi connectivity index (χ3v) is 4.30. The molecule has 3 saturated carbocycles. The van der Waals surface area contributed by atoms with Gasteiger partial charge in [-0.15, -0.1) is 0 Å². The van der Waals surface area contributed by atoms with Gasteiger partial charge in [-0.1, -0.05) is 6.92 Å². The van der Waals surface area contributed by atoms with E-state index in [9.17, 15) is 0 Å². The Labute approximate surface area is 63.0 Å². The molecule has 0 aromatic rings. The highest BCUT2D eigenvalue weighted by molar-refractivity contribution is 5.13. The van der Waals surface area contributed by atoms with Crippen LogP contribution in [0.5, 0.6) is 0 Å². The summed E-state index contributed by atoms with van der Waals surface area (Å²) < 4.78 is 0. The largest absolute Gasteiger partial charge is 0.0625 e. The first kappa shape index (κ1) is 5.62. The Morgan fingerprint density at radius 3 is 2.90 bits per heavy atom. The molecular formula is C10H16. The zero-order valence-electron chi connectivity index (χ0n) is 6.77. The predicted octanol–water partition coefficient (Wildman–Crippen LogP) is 2.83. The van der Waals surface area contributed by atoms with Gasteiger partial charge in [0.2, 0.25) is 0 Å². The first-order valence-electron chi connectivity index (χ1n) is 4.80. The standard InChI is InChI=1S/C10H16/c1-7-4-8-2-3-10(5-7)6-9(8)10/h7-9H,2-6H2,1H3/t7-,8+,9?,10?/m1/s1. The van der Waals surface area contributed by atoms with E-state index in [0.717, 1.165) is 11.3 Å². The van der Waals surface area contributed by atoms with Gasteiger partial charge < -0.3 is 0 Å². The van der Waals surface area contributed by atoms with E-state index in [1.165, 1.54) is 11.8 Å². The predicted molar refractivity (Wildman–Crippen MR) is 41.7 cm³/mol. The number of hydrogen-bond acceptors (Lipinski definition) is 0. The van der Waals surface area contributed by atoms with Crippen LogP contribution in [0.25, 0.3) is 0 Å². The molecule has 0 aliphatic heterocycles. The fourth-order valence-electron chi connectivity index (χ4n) is 3.92. The third kappa shape index (κ3) is 0.500. The Hall–Kier alpha value is 0. The molecule has 0 aromatic carbocycles. The van der Waals surface area contributed by atoms with Gasteiger partial charge in [0.25, 0.3) is 0 Å². The Morgan fingerprint density at radius 1 is 1.30 bits per heavy atom. The van der Waals surface area contributed by atoms with Gasteiger partial charge in [-0.25, -0.2) is 0 Å². The third-order valence-electron chi connectivity index (χ3n) is 4.30. The van der Waals surface area contributed by atoms with Crippen LogP contribution in [0.2, 0.25) is 0 Å². The van der Waals surface area contributed by atoms with E-state index in [4.69, 9.17) is 0 Å². The van der Waals surface area contributed by atoms with Gasteiger partial charge in [0.1, 0.15) is 0 Å². The second kappa shape index (κ2) is 1.44. The normalized spacial score (nSPS) is 63.9. The summed E-state index contributed by atoms with van der Waals surface area (Å²) in [7, 11) is 0. The monoisotopic (exact) mass is 136 g/mol. The zero-order chi connectivity index (χ0) is 6.77. The van der Waals surface area contributed by atoms with E-state index in [0.29, 0.717) is 0 Å². The lowest BCUT2D eigenvalue weighted by Crippen LogP contribution is -2.14. The number of rotatable bonds is 0. The van der Waals surface area contributed by atoms with Crippen LogP contribution >= 0.6 is 0 Å². The summed E-state index contributed by atoms with van der Waals surface area (Å²) in [6, 6.07) is 0. The maximum atomic E-state index is 2.45. The molecule has 3 aliphatic carbocycles. The summed E-state index contributed by atoms with van der Waals surface area (Å²) in [5.74, 6) is 3.44. The van der Waals surface area contributed by atoms with Crippen molar-refractivity contribution in [2.75, 3.05) is 0 Å². The molecule has 3 rings (SSSR count). The Bertz CT molecular complexity index is 173. The molecule has 0 saturated heterocycles. The molecular weight excluding hydrogens is 120 g/mol. The van der Waals surface area contributed by atoms with Crippen LogP contribution in [0.1, 0.15) is 39.0 Å². The fraction of sp³-hybridized carbons (Fsp3) is 1.00. The summed E-state index contributed by atoms with van der Waals surface area (Å²) in [5, 5.41) is 0. The minimum atomic E-state index is 0.933. The molecule has 3 fully saturated rings. The minimum Gasteiger partial charge on any atom is -0.0625 e. The van der Waals surface area contributed by atoms with Crippen molar-refractivity contribution < 1.29 is 0 Å². The molecule has 2 unspecified atom stereocenters. The average Bonchev–Trinajstić information content (AvgIpc) is 2.55. The van der Waals surface area contributed by atoms with Crippen molar-refractivity contribution >= 4 is 0 Å². The van der Waals surface area contributed by atoms with Gasteiger partial charge in [0.05, 0.1) is 0 Å². The van der Waals surface area contributed by atoms with Gasteiger partial charge in [0, 0.05) is 0 Å². The van der Waals surface area contributed by atoms with Gasteiger partial charge >= 0.3 is 0 Å². The topological polar surface area (TPSA) is 0 Å². The van der Waals surface area contributed by atoms with Gasteiger partial charge in [-0.3, -0.25) is 0 Å². The second-order valence-corrected chi connectivity index (χ2v) is 5.02. The smallest absolute Gasteiger partial charge is 0.0261 e. The summed E-state index contributed by atoms with van der Waals surface area (Å²) in [6.07, 6.45) is 7.92. The van der Waals surface area contributed by atoms with Crippen LogP contribution in [-0.2, 0) is 0 Å². The molecule has 0 heterocycles. The van der Waals surface area contributed by atoms with Crippen molar-refractivity contribution in [2.24, 2.45) is 23.2 Å². The second-order valence-electron chi connectivity index (χ2n) is 5.02. The minimum absolute atomic E-state index is 0.933. The van der Waals surface area contributed by atoms with Crippen molar-refractivity contribution in [1.29, 1.82) is 0 Å². The van der Waals surface area contributed by atoms with Crippen LogP contribution in [0.4, 0.5) is 0 Å². The van der Waals surface area contributed by atoms with Gasteiger partial charge in [0.15, 0.2) is 0 Å². The lowest BCUT2D eigenvalue weighted by atomic mass is 9.82. The summed E-state index contributed by atoms with van der Waals surface area (Å²) in [5.41, 5.74) is 0.933. The SMILES string of the molecule is C[C@@H]1C[C@@H]2CCC3(CC23)C1. The number of hydrogen-bond donors (Lipinski definition) is 0. The molecule has 56 valence electrons. The lowest BCUT2D eigenvalue weighted by molar-refractivity contribution is 0.268. The lowest BCUT2D eigenvalue weighted by Gasteiger charge is -2.23. The van der Waals surface area contributed by atoms with Crippen molar-refractivity contribution in [1.82, 2.24) is 0 Å². The van der Waals surface area contributed by atoms with E-state index in [1.54, 1.807) is 32.1 Å². The highest BCUT2D eigenvalue weighted by atomic mass is 14.7. The highest BCUT2D eigenvalue weighted by Gasteiger charge is 2.63. The molecule has 4 atom stereocenters. The van der Waals surface area contributed by atoms with Crippen molar-refractivity contribution in [3.05, 3.63) is 0 Å². The van der Waals surface area contributed by atoms with Crippen LogP contribution in [0.3, 0.4) is 0 Å². The van der Waals surface area contributed by atoms with E-state index in [-0.39, 0.29) is 0 Å². The Kier molecular flexibility index (Phi) is 0.810. The summed E-state index contributed by atoms with van der Waals surface area (Å²) in [4.78, 5) is 0. The van der Waals surface area contributed by atoms with E-state index in [1.807, 2.05) is 0 Å². The highest BCUT2D eigenvalue weighted by Crippen LogP contribution is 2.72. The molecule has 0 heteroatoms. The first-order valence-corrected chi connectivity index (χ1v) is 4.80. The van der Waals surface area contributed by atoms with Crippen molar-refractivity contribution in [3.63, 3.8) is 0 Å². The molecule has 10 heavy (non-hydrogen) atoms. The van der Waals surface area contributed by atoms with Crippen LogP contribution in [0, 0.1) is 23.2 Å². The van der Waals surface area contributed by atoms with Crippen LogP contribution in [0.15, 0.2) is 0 Å². The molecule has 2 bridgehead atoms. The molecule has 0 N–H and O–H groups in total. The van der Waals surface area contributed by atoms with E-state index >= 15 is 0 Å². The first-order chi connectivity index (χ1) is 4.80. The van der Waals surface area contributed by atoms with Crippen molar-refractivity contribution in [2.45, 2.75) is 39.0 Å². The van der Waals surface area contributed by atoms with Crippen LogP contribution in [-0.4, -0.2) is 0 Å².